The number of fused-ring (bicyclic) bond motifs is 1. The highest BCUT2D eigenvalue weighted by molar-refractivity contribution is 5.87. The van der Waals surface area contributed by atoms with Crippen molar-refractivity contribution in [1.29, 1.82) is 5.26 Å². The zero-order chi connectivity index (χ0) is 13.0. The summed E-state index contributed by atoms with van der Waals surface area (Å²) < 4.78 is 15.2. The first kappa shape index (κ1) is 12.0. The minimum Gasteiger partial charge on any atom is -0.463 e. The van der Waals surface area contributed by atoms with Crippen LogP contribution < -0.4 is 9.47 Å². The van der Waals surface area contributed by atoms with Gasteiger partial charge in [0.25, 0.3) is 0 Å². The number of esters is 1. The number of hydrogen-bond acceptors (Lipinski definition) is 5. The van der Waals surface area contributed by atoms with Crippen molar-refractivity contribution in [3.8, 4) is 17.6 Å². The Morgan fingerprint density at radius 2 is 2.28 bits per heavy atom. The molecule has 1 aliphatic rings. The van der Waals surface area contributed by atoms with Crippen molar-refractivity contribution in [1.82, 2.24) is 0 Å². The lowest BCUT2D eigenvalue weighted by molar-refractivity contribution is -0.137. The zero-order valence-corrected chi connectivity index (χ0v) is 9.75. The fraction of sp³-hybridized carbons (Fsp3) is 0.231. The van der Waals surface area contributed by atoms with Gasteiger partial charge >= 0.3 is 12.3 Å². The Kier molecular flexibility index (Phi) is 3.49. The molecule has 0 saturated carbocycles. The molecule has 1 aliphatic heterocycles. The van der Waals surface area contributed by atoms with Gasteiger partial charge in [0.15, 0.2) is 17.6 Å². The number of rotatable bonds is 3. The van der Waals surface area contributed by atoms with Gasteiger partial charge in [-0.05, 0) is 30.7 Å². The van der Waals surface area contributed by atoms with E-state index in [-0.39, 0.29) is 0 Å². The van der Waals surface area contributed by atoms with Crippen LogP contribution in [0.15, 0.2) is 24.3 Å². The summed E-state index contributed by atoms with van der Waals surface area (Å²) in [6, 6.07) is 7.01. The van der Waals surface area contributed by atoms with Crippen molar-refractivity contribution in [3.05, 3.63) is 29.8 Å². The maximum atomic E-state index is 11.1. The Hall–Kier alpha value is -2.48. The average Bonchev–Trinajstić information content (AvgIpc) is 2.78. The summed E-state index contributed by atoms with van der Waals surface area (Å²) in [5.74, 6) is 0.618. The second-order valence-electron chi connectivity index (χ2n) is 3.49. The van der Waals surface area contributed by atoms with E-state index < -0.39 is 12.3 Å². The van der Waals surface area contributed by atoms with Crippen LogP contribution in [-0.2, 0) is 9.53 Å². The molecule has 18 heavy (non-hydrogen) atoms. The second kappa shape index (κ2) is 5.23. The van der Waals surface area contributed by atoms with E-state index in [1.807, 2.05) is 6.07 Å². The first-order valence-electron chi connectivity index (χ1n) is 5.44. The van der Waals surface area contributed by atoms with E-state index in [1.54, 1.807) is 31.2 Å². The lowest BCUT2D eigenvalue weighted by Crippen LogP contribution is -2.14. The van der Waals surface area contributed by atoms with Crippen LogP contribution in [0.1, 0.15) is 12.5 Å². The first-order chi connectivity index (χ1) is 8.72. The van der Waals surface area contributed by atoms with Crippen LogP contribution in [0.2, 0.25) is 0 Å². The third-order valence-electron chi connectivity index (χ3n) is 2.24. The number of carbonyl (C=O) groups excluding carboxylic acids is 1. The average molecular weight is 245 g/mol. The van der Waals surface area contributed by atoms with Crippen molar-refractivity contribution in [2.75, 3.05) is 6.61 Å². The molecule has 0 spiro atoms. The van der Waals surface area contributed by atoms with Crippen molar-refractivity contribution in [2.24, 2.45) is 0 Å². The summed E-state index contributed by atoms with van der Waals surface area (Å²) >= 11 is 0. The fourth-order valence-corrected chi connectivity index (χ4v) is 1.48. The summed E-state index contributed by atoms with van der Waals surface area (Å²) in [7, 11) is 0. The highest BCUT2D eigenvalue weighted by Gasteiger charge is 2.23. The Balaban J connectivity index is 2.10. The molecular weight excluding hydrogens is 234 g/mol. The molecule has 1 aromatic carbocycles. The highest BCUT2D eigenvalue weighted by Crippen LogP contribution is 2.35. The fourth-order valence-electron chi connectivity index (χ4n) is 1.48. The molecule has 1 atom stereocenters. The third-order valence-corrected chi connectivity index (χ3v) is 2.24. The molecule has 0 saturated heterocycles. The van der Waals surface area contributed by atoms with Crippen LogP contribution in [0, 0.1) is 11.3 Å². The maximum Gasteiger partial charge on any atom is 0.331 e. The Morgan fingerprint density at radius 3 is 3.00 bits per heavy atom. The molecule has 5 nitrogen and oxygen atoms in total. The van der Waals surface area contributed by atoms with Gasteiger partial charge in [-0.15, -0.1) is 0 Å². The predicted molar refractivity (Wildman–Crippen MR) is 62.8 cm³/mol. The minimum absolute atomic E-state index is 0.341. The van der Waals surface area contributed by atoms with Crippen molar-refractivity contribution in [2.45, 2.75) is 13.2 Å². The predicted octanol–water partition coefficient (Wildman–Crippen LogP) is 1.88. The van der Waals surface area contributed by atoms with Gasteiger partial charge in [-0.25, -0.2) is 4.79 Å². The van der Waals surface area contributed by atoms with Crippen molar-refractivity contribution in [3.63, 3.8) is 0 Å². The molecule has 0 radical (unpaired) electrons. The molecule has 2 rings (SSSR count). The standard InChI is InChI=1S/C13H11NO4/c1-2-16-12(15)6-4-9-3-5-10-11(7-9)18-13(8-14)17-10/h3-7,13H,2H2,1H3/b6-4+. The summed E-state index contributed by atoms with van der Waals surface area (Å²) in [5, 5.41) is 8.67. The molecule has 0 fully saturated rings. The molecule has 0 bridgehead atoms. The Morgan fingerprint density at radius 1 is 1.50 bits per heavy atom. The first-order valence-corrected chi connectivity index (χ1v) is 5.44. The highest BCUT2D eigenvalue weighted by atomic mass is 16.7. The van der Waals surface area contributed by atoms with Gasteiger partial charge < -0.3 is 14.2 Å². The van der Waals surface area contributed by atoms with Gasteiger partial charge in [-0.3, -0.25) is 0 Å². The van der Waals surface area contributed by atoms with Crippen LogP contribution in [0.25, 0.3) is 6.08 Å². The smallest absolute Gasteiger partial charge is 0.331 e. The van der Waals surface area contributed by atoms with Gasteiger partial charge in [0.2, 0.25) is 0 Å². The lowest BCUT2D eigenvalue weighted by Gasteiger charge is -1.98. The largest absolute Gasteiger partial charge is 0.463 e. The van der Waals surface area contributed by atoms with Crippen molar-refractivity contribution < 1.29 is 19.0 Å². The molecule has 0 aromatic heterocycles. The van der Waals surface area contributed by atoms with Crippen LogP contribution in [0.5, 0.6) is 11.5 Å². The number of benzene rings is 1. The lowest BCUT2D eigenvalue weighted by atomic mass is 10.2. The Bertz CT molecular complexity index is 530. The molecular formula is C13H11NO4. The van der Waals surface area contributed by atoms with E-state index in [0.29, 0.717) is 18.1 Å². The van der Waals surface area contributed by atoms with Crippen LogP contribution in [0.4, 0.5) is 0 Å². The summed E-state index contributed by atoms with van der Waals surface area (Å²) in [5.41, 5.74) is 0.768. The molecule has 0 aliphatic carbocycles. The molecule has 0 N–H and O–H groups in total. The van der Waals surface area contributed by atoms with Gasteiger partial charge in [0.1, 0.15) is 0 Å². The molecule has 5 heteroatoms. The monoisotopic (exact) mass is 245 g/mol. The molecule has 0 amide bonds. The minimum atomic E-state index is -0.899. The van der Waals surface area contributed by atoms with E-state index in [0.717, 1.165) is 5.56 Å². The van der Waals surface area contributed by atoms with E-state index >= 15 is 0 Å². The van der Waals surface area contributed by atoms with Gasteiger partial charge in [0, 0.05) is 6.08 Å². The normalized spacial score (nSPS) is 16.6. The van der Waals surface area contributed by atoms with E-state index in [1.165, 1.54) is 6.08 Å². The SMILES string of the molecule is CCOC(=O)/C=C/c1ccc2c(c1)OC(C#N)O2. The molecule has 1 heterocycles. The van der Waals surface area contributed by atoms with Crippen LogP contribution >= 0.6 is 0 Å². The van der Waals surface area contributed by atoms with E-state index in [9.17, 15) is 4.79 Å². The number of nitrogens with zero attached hydrogens (tertiary/aromatic N) is 1. The van der Waals surface area contributed by atoms with Crippen molar-refractivity contribution >= 4 is 12.0 Å². The summed E-state index contributed by atoms with van der Waals surface area (Å²) in [4.78, 5) is 11.1. The topological polar surface area (TPSA) is 68.5 Å². The van der Waals surface area contributed by atoms with Gasteiger partial charge in [0.05, 0.1) is 6.61 Å². The number of carbonyl (C=O) groups is 1. The summed E-state index contributed by atoms with van der Waals surface area (Å²) in [6.45, 7) is 2.09. The maximum absolute atomic E-state index is 11.1. The molecule has 92 valence electrons. The molecule has 1 unspecified atom stereocenters. The molecule has 1 aromatic rings. The van der Waals surface area contributed by atoms with Crippen LogP contribution in [-0.4, -0.2) is 18.9 Å². The summed E-state index contributed by atoms with van der Waals surface area (Å²) in [6.07, 6.45) is 2.05. The van der Waals surface area contributed by atoms with Gasteiger partial charge in [-0.2, -0.15) is 5.26 Å². The van der Waals surface area contributed by atoms with Crippen LogP contribution in [0.3, 0.4) is 0 Å². The quantitative estimate of drug-likeness (QED) is 0.600. The second-order valence-corrected chi connectivity index (χ2v) is 3.49. The Labute approximate surface area is 104 Å². The van der Waals surface area contributed by atoms with Gasteiger partial charge in [-0.1, -0.05) is 6.07 Å². The zero-order valence-electron chi connectivity index (χ0n) is 9.75. The number of hydrogen-bond donors (Lipinski definition) is 0. The number of nitriles is 1. The third kappa shape index (κ3) is 2.61. The van der Waals surface area contributed by atoms with E-state index in [4.69, 9.17) is 19.5 Å². The number of ether oxygens (including phenoxy) is 3. The van der Waals surface area contributed by atoms with E-state index in [2.05, 4.69) is 0 Å².